The first-order chi connectivity index (χ1) is 11.0. The fourth-order valence-corrected chi connectivity index (χ4v) is 2.54. The molecule has 0 spiro atoms. The van der Waals surface area contributed by atoms with Crippen LogP contribution in [0.5, 0.6) is 5.75 Å². The highest BCUT2D eigenvalue weighted by molar-refractivity contribution is 6.35. The summed E-state index contributed by atoms with van der Waals surface area (Å²) in [6.07, 6.45) is 0.182. The molecule has 1 amide bonds. The van der Waals surface area contributed by atoms with Crippen molar-refractivity contribution in [1.29, 1.82) is 0 Å². The first-order valence-corrected chi connectivity index (χ1v) is 7.10. The maximum absolute atomic E-state index is 13.2. The number of hydrogen-bond acceptors (Lipinski definition) is 3. The highest BCUT2D eigenvalue weighted by Crippen LogP contribution is 2.35. The minimum absolute atomic E-state index is 0.0831. The Morgan fingerprint density at radius 3 is 2.70 bits per heavy atom. The molecule has 3 rings (SSSR count). The molecule has 0 radical (unpaired) electrons. The number of carbonyl (C=O) groups is 2. The van der Waals surface area contributed by atoms with Gasteiger partial charge in [-0.2, -0.15) is 0 Å². The summed E-state index contributed by atoms with van der Waals surface area (Å²) in [5.74, 6) is -2.81. The largest absolute Gasteiger partial charge is 0.491 e. The number of carbonyl (C=O) groups excluding carboxylic acids is 2. The molecule has 118 valence electrons. The third-order valence-corrected chi connectivity index (χ3v) is 3.70. The van der Waals surface area contributed by atoms with Gasteiger partial charge in [0.15, 0.2) is 17.4 Å². The Bertz CT molecular complexity index is 823. The second-order valence-electron chi connectivity index (χ2n) is 4.90. The second-order valence-corrected chi connectivity index (χ2v) is 5.31. The molecule has 1 aliphatic heterocycles. The number of ether oxygens (including phenoxy) is 1. The lowest BCUT2D eigenvalue weighted by Crippen LogP contribution is -2.21. The molecular weight excluding hydrogens is 328 g/mol. The first kappa shape index (κ1) is 15.4. The Hall–Kier alpha value is -2.47. The Morgan fingerprint density at radius 1 is 1.17 bits per heavy atom. The van der Waals surface area contributed by atoms with Crippen LogP contribution in [0.15, 0.2) is 30.3 Å². The van der Waals surface area contributed by atoms with Crippen molar-refractivity contribution in [3.8, 4) is 5.75 Å². The van der Waals surface area contributed by atoms with Crippen LogP contribution in [0.2, 0.25) is 5.02 Å². The molecule has 23 heavy (non-hydrogen) atoms. The molecule has 1 heterocycles. The Balaban J connectivity index is 1.95. The normalized spacial score (nSPS) is 13.3. The molecule has 2 aromatic rings. The summed E-state index contributed by atoms with van der Waals surface area (Å²) in [5.41, 5.74) is 0.345. The van der Waals surface area contributed by atoms with Crippen molar-refractivity contribution in [1.82, 2.24) is 0 Å². The van der Waals surface area contributed by atoms with Crippen LogP contribution in [0.1, 0.15) is 27.1 Å². The number of rotatable bonds is 2. The quantitative estimate of drug-likeness (QED) is 0.906. The van der Waals surface area contributed by atoms with Crippen molar-refractivity contribution in [3.63, 3.8) is 0 Å². The van der Waals surface area contributed by atoms with Crippen molar-refractivity contribution in [2.45, 2.75) is 6.42 Å². The van der Waals surface area contributed by atoms with E-state index in [1.807, 2.05) is 0 Å². The van der Waals surface area contributed by atoms with Crippen molar-refractivity contribution >= 4 is 29.0 Å². The first-order valence-electron chi connectivity index (χ1n) is 6.72. The molecule has 4 nitrogen and oxygen atoms in total. The van der Waals surface area contributed by atoms with Crippen LogP contribution in [0, 0.1) is 11.6 Å². The number of fused-ring (bicyclic) bond motifs is 1. The molecule has 0 fully saturated rings. The van der Waals surface area contributed by atoms with Gasteiger partial charge in [0.05, 0.1) is 22.8 Å². The SMILES string of the molecule is O=C(Nc1ccc(F)c(F)c1)c1ccc(Cl)c2c1OCCC2=O. The van der Waals surface area contributed by atoms with E-state index in [0.29, 0.717) is 0 Å². The third-order valence-electron chi connectivity index (χ3n) is 3.38. The van der Waals surface area contributed by atoms with Crippen LogP contribution < -0.4 is 10.1 Å². The zero-order valence-electron chi connectivity index (χ0n) is 11.7. The van der Waals surface area contributed by atoms with E-state index in [4.69, 9.17) is 16.3 Å². The summed E-state index contributed by atoms with van der Waals surface area (Å²) < 4.78 is 31.5. The molecule has 0 aliphatic carbocycles. The second kappa shape index (κ2) is 5.96. The van der Waals surface area contributed by atoms with Crippen molar-refractivity contribution in [2.75, 3.05) is 11.9 Å². The van der Waals surface area contributed by atoms with Gasteiger partial charge in [-0.15, -0.1) is 0 Å². The molecule has 7 heteroatoms. The van der Waals surface area contributed by atoms with Gasteiger partial charge < -0.3 is 10.1 Å². The lowest BCUT2D eigenvalue weighted by Gasteiger charge is -2.20. The molecule has 0 saturated heterocycles. The van der Waals surface area contributed by atoms with Gasteiger partial charge in [-0.1, -0.05) is 11.6 Å². The smallest absolute Gasteiger partial charge is 0.259 e. The van der Waals surface area contributed by atoms with E-state index < -0.39 is 17.5 Å². The number of Topliss-reactive ketones (excluding diaryl/α,β-unsaturated/α-hetero) is 1. The third kappa shape index (κ3) is 2.90. The van der Waals surface area contributed by atoms with Crippen LogP contribution in [0.25, 0.3) is 0 Å². The standard InChI is InChI=1S/C16H10ClF2NO3/c17-10-3-2-9(15-14(10)13(21)5-6-23-15)16(22)20-8-1-4-11(18)12(19)7-8/h1-4,7H,5-6H2,(H,20,22). The van der Waals surface area contributed by atoms with E-state index in [0.717, 1.165) is 12.1 Å². The fraction of sp³-hybridized carbons (Fsp3) is 0.125. The van der Waals surface area contributed by atoms with E-state index in [-0.39, 0.29) is 46.4 Å². The average Bonchev–Trinajstić information content (AvgIpc) is 2.51. The van der Waals surface area contributed by atoms with E-state index in [9.17, 15) is 18.4 Å². The fourth-order valence-electron chi connectivity index (χ4n) is 2.29. The predicted octanol–water partition coefficient (Wildman–Crippen LogP) is 3.84. The van der Waals surface area contributed by atoms with Crippen molar-refractivity contribution in [2.24, 2.45) is 0 Å². The summed E-state index contributed by atoms with van der Waals surface area (Å²) in [6, 6.07) is 5.83. The highest BCUT2D eigenvalue weighted by atomic mass is 35.5. The molecule has 1 N–H and O–H groups in total. The summed E-state index contributed by atoms with van der Waals surface area (Å²) in [4.78, 5) is 24.3. The topological polar surface area (TPSA) is 55.4 Å². The number of ketones is 1. The molecule has 0 bridgehead atoms. The molecular formula is C16H10ClF2NO3. The van der Waals surface area contributed by atoms with Crippen LogP contribution >= 0.6 is 11.6 Å². The minimum atomic E-state index is -1.08. The summed E-state index contributed by atoms with van der Waals surface area (Å²) in [6.45, 7) is 0.150. The van der Waals surface area contributed by atoms with Gasteiger partial charge in [-0.05, 0) is 24.3 Å². The zero-order valence-corrected chi connectivity index (χ0v) is 12.4. The monoisotopic (exact) mass is 337 g/mol. The molecule has 0 aromatic heterocycles. The zero-order chi connectivity index (χ0) is 16.6. The van der Waals surface area contributed by atoms with Gasteiger partial charge in [0.25, 0.3) is 5.91 Å². The van der Waals surface area contributed by atoms with E-state index in [1.54, 1.807) is 0 Å². The molecule has 0 atom stereocenters. The van der Waals surface area contributed by atoms with Gasteiger partial charge in [-0.25, -0.2) is 8.78 Å². The number of hydrogen-bond donors (Lipinski definition) is 1. The van der Waals surface area contributed by atoms with Crippen LogP contribution in [-0.2, 0) is 0 Å². The summed E-state index contributed by atoms with van der Waals surface area (Å²) in [5, 5.41) is 2.63. The van der Waals surface area contributed by atoms with Crippen molar-refractivity contribution in [3.05, 3.63) is 58.1 Å². The Labute approximate surface area is 135 Å². The minimum Gasteiger partial charge on any atom is -0.491 e. The Morgan fingerprint density at radius 2 is 1.96 bits per heavy atom. The average molecular weight is 338 g/mol. The number of amides is 1. The maximum atomic E-state index is 13.2. The number of benzene rings is 2. The lowest BCUT2D eigenvalue weighted by atomic mass is 10.0. The maximum Gasteiger partial charge on any atom is 0.259 e. The molecule has 0 unspecified atom stereocenters. The summed E-state index contributed by atoms with van der Waals surface area (Å²) >= 11 is 5.99. The van der Waals surface area contributed by atoms with Gasteiger partial charge in [-0.3, -0.25) is 9.59 Å². The van der Waals surface area contributed by atoms with Gasteiger partial charge in [0.1, 0.15) is 5.75 Å². The van der Waals surface area contributed by atoms with Crippen LogP contribution in [0.3, 0.4) is 0 Å². The van der Waals surface area contributed by atoms with Crippen molar-refractivity contribution < 1.29 is 23.1 Å². The van der Waals surface area contributed by atoms with E-state index >= 15 is 0 Å². The number of nitrogens with one attached hydrogen (secondary N) is 1. The van der Waals surface area contributed by atoms with E-state index in [1.165, 1.54) is 18.2 Å². The number of anilines is 1. The Kier molecular flexibility index (Phi) is 4.00. The van der Waals surface area contributed by atoms with Gasteiger partial charge >= 0.3 is 0 Å². The molecule has 1 aliphatic rings. The van der Waals surface area contributed by atoms with Crippen LogP contribution in [-0.4, -0.2) is 18.3 Å². The predicted molar refractivity (Wildman–Crippen MR) is 80.2 cm³/mol. The van der Waals surface area contributed by atoms with Gasteiger partial charge in [0, 0.05) is 18.2 Å². The molecule has 2 aromatic carbocycles. The molecule has 0 saturated carbocycles. The highest BCUT2D eigenvalue weighted by Gasteiger charge is 2.27. The summed E-state index contributed by atoms with van der Waals surface area (Å²) in [7, 11) is 0. The van der Waals surface area contributed by atoms with E-state index in [2.05, 4.69) is 5.32 Å². The number of halogens is 3. The van der Waals surface area contributed by atoms with Gasteiger partial charge in [0.2, 0.25) is 0 Å². The lowest BCUT2D eigenvalue weighted by molar-refractivity contribution is 0.0931. The van der Waals surface area contributed by atoms with Crippen LogP contribution in [0.4, 0.5) is 14.5 Å².